The lowest BCUT2D eigenvalue weighted by molar-refractivity contribution is 0.102. The minimum absolute atomic E-state index is 0.272. The van der Waals surface area contributed by atoms with Gasteiger partial charge in [-0.2, -0.15) is 0 Å². The zero-order valence-electron chi connectivity index (χ0n) is 11.0. The summed E-state index contributed by atoms with van der Waals surface area (Å²) in [5.41, 5.74) is 1.01. The summed E-state index contributed by atoms with van der Waals surface area (Å²) in [4.78, 5) is 26.6. The smallest absolute Gasteiger partial charge is 0.275 e. The van der Waals surface area contributed by atoms with Crippen LogP contribution >= 0.6 is 0 Å². The average molecular weight is 269 g/mol. The maximum atomic E-state index is 12.1. The zero-order chi connectivity index (χ0) is 13.8. The zero-order valence-corrected chi connectivity index (χ0v) is 11.0. The number of nitrogens with zero attached hydrogens (tertiary/aromatic N) is 4. The van der Waals surface area contributed by atoms with Crippen molar-refractivity contribution in [3.05, 3.63) is 42.6 Å². The van der Waals surface area contributed by atoms with Gasteiger partial charge in [0.25, 0.3) is 5.91 Å². The fraction of sp³-hybridized carbons (Fsp3) is 0.286. The van der Waals surface area contributed by atoms with E-state index < -0.39 is 0 Å². The molecule has 0 unspecified atom stereocenters. The van der Waals surface area contributed by atoms with Gasteiger partial charge >= 0.3 is 0 Å². The van der Waals surface area contributed by atoms with Crippen LogP contribution in [0.25, 0.3) is 0 Å². The van der Waals surface area contributed by atoms with E-state index in [0.29, 0.717) is 11.4 Å². The van der Waals surface area contributed by atoms with Crippen LogP contribution in [0, 0.1) is 0 Å². The number of carbonyl (C=O) groups excluding carboxylic acids is 1. The molecule has 2 aromatic heterocycles. The molecule has 1 aliphatic heterocycles. The predicted octanol–water partition coefficient (Wildman–Crippen LogP) is 1.72. The fourth-order valence-electron chi connectivity index (χ4n) is 2.28. The molecular formula is C14H15N5O. The number of hydrogen-bond acceptors (Lipinski definition) is 5. The summed E-state index contributed by atoms with van der Waals surface area (Å²) in [5.74, 6) is 0.550. The van der Waals surface area contributed by atoms with Gasteiger partial charge in [0, 0.05) is 31.7 Å². The van der Waals surface area contributed by atoms with Crippen LogP contribution in [0.2, 0.25) is 0 Å². The van der Waals surface area contributed by atoms with Crippen molar-refractivity contribution in [2.75, 3.05) is 23.3 Å². The van der Waals surface area contributed by atoms with E-state index in [1.165, 1.54) is 18.6 Å². The molecule has 0 atom stereocenters. The molecular weight excluding hydrogens is 254 g/mol. The Morgan fingerprint density at radius 1 is 1.15 bits per heavy atom. The number of anilines is 2. The van der Waals surface area contributed by atoms with E-state index in [0.717, 1.165) is 31.7 Å². The summed E-state index contributed by atoms with van der Waals surface area (Å²) < 4.78 is 0. The number of pyridine rings is 1. The molecule has 1 amide bonds. The monoisotopic (exact) mass is 269 g/mol. The third-order valence-electron chi connectivity index (χ3n) is 3.24. The Balaban J connectivity index is 1.82. The molecule has 1 N–H and O–H groups in total. The van der Waals surface area contributed by atoms with Gasteiger partial charge in [-0.1, -0.05) is 0 Å². The molecule has 1 aliphatic rings. The van der Waals surface area contributed by atoms with Crippen molar-refractivity contribution in [3.8, 4) is 0 Å². The van der Waals surface area contributed by atoms with Crippen LogP contribution in [0.4, 0.5) is 11.5 Å². The Hall–Kier alpha value is -2.50. The molecule has 3 heterocycles. The Labute approximate surface area is 116 Å². The van der Waals surface area contributed by atoms with E-state index in [9.17, 15) is 4.79 Å². The minimum atomic E-state index is -0.272. The summed E-state index contributed by atoms with van der Waals surface area (Å²) in [5, 5.41) is 2.86. The Morgan fingerprint density at radius 2 is 2.00 bits per heavy atom. The molecule has 6 heteroatoms. The standard InChI is InChI=1S/C14H15N5O/c20-14(12-10-15-6-7-16-12)18-11-4-3-5-17-13(11)19-8-1-2-9-19/h3-7,10H,1-2,8-9H2,(H,18,20). The average Bonchev–Trinajstić information content (AvgIpc) is 3.03. The van der Waals surface area contributed by atoms with E-state index in [-0.39, 0.29) is 5.91 Å². The van der Waals surface area contributed by atoms with Gasteiger partial charge in [-0.05, 0) is 25.0 Å². The molecule has 20 heavy (non-hydrogen) atoms. The van der Waals surface area contributed by atoms with Crippen molar-refractivity contribution < 1.29 is 4.79 Å². The second-order valence-electron chi connectivity index (χ2n) is 4.61. The van der Waals surface area contributed by atoms with Gasteiger partial charge in [0.2, 0.25) is 0 Å². The van der Waals surface area contributed by atoms with E-state index >= 15 is 0 Å². The number of hydrogen-bond donors (Lipinski definition) is 1. The normalized spacial score (nSPS) is 14.3. The molecule has 0 bridgehead atoms. The van der Waals surface area contributed by atoms with Gasteiger partial charge in [-0.15, -0.1) is 0 Å². The molecule has 3 rings (SSSR count). The second-order valence-corrected chi connectivity index (χ2v) is 4.61. The van der Waals surface area contributed by atoms with Crippen LogP contribution < -0.4 is 10.2 Å². The lowest BCUT2D eigenvalue weighted by Gasteiger charge is -2.19. The second kappa shape index (κ2) is 5.64. The van der Waals surface area contributed by atoms with Crippen LogP contribution in [0.3, 0.4) is 0 Å². The topological polar surface area (TPSA) is 71.0 Å². The molecule has 0 spiro atoms. The van der Waals surface area contributed by atoms with Gasteiger partial charge in [0.15, 0.2) is 5.82 Å². The highest BCUT2D eigenvalue weighted by Crippen LogP contribution is 2.26. The maximum Gasteiger partial charge on any atom is 0.275 e. The summed E-state index contributed by atoms with van der Waals surface area (Å²) in [7, 11) is 0. The van der Waals surface area contributed by atoms with Crippen molar-refractivity contribution in [2.24, 2.45) is 0 Å². The molecule has 0 saturated carbocycles. The summed E-state index contributed by atoms with van der Waals surface area (Å²) in [6.45, 7) is 1.95. The van der Waals surface area contributed by atoms with Crippen LogP contribution in [0.1, 0.15) is 23.3 Å². The van der Waals surface area contributed by atoms with Crippen molar-refractivity contribution in [3.63, 3.8) is 0 Å². The highest BCUT2D eigenvalue weighted by molar-refractivity contribution is 6.04. The van der Waals surface area contributed by atoms with Crippen LogP contribution in [0.15, 0.2) is 36.9 Å². The summed E-state index contributed by atoms with van der Waals surface area (Å²) >= 11 is 0. The molecule has 1 fully saturated rings. The van der Waals surface area contributed by atoms with Gasteiger partial charge in [0.1, 0.15) is 5.69 Å². The first-order valence-electron chi connectivity index (χ1n) is 6.62. The minimum Gasteiger partial charge on any atom is -0.355 e. The highest BCUT2D eigenvalue weighted by Gasteiger charge is 2.18. The maximum absolute atomic E-state index is 12.1. The summed E-state index contributed by atoms with van der Waals surface area (Å²) in [6.07, 6.45) is 8.55. The van der Waals surface area contributed by atoms with Crippen molar-refractivity contribution in [1.82, 2.24) is 15.0 Å². The molecule has 0 aliphatic carbocycles. The molecule has 6 nitrogen and oxygen atoms in total. The third-order valence-corrected chi connectivity index (χ3v) is 3.24. The lowest BCUT2D eigenvalue weighted by atomic mass is 10.3. The molecule has 0 aromatic carbocycles. The van der Waals surface area contributed by atoms with Crippen molar-refractivity contribution in [2.45, 2.75) is 12.8 Å². The number of rotatable bonds is 3. The predicted molar refractivity (Wildman–Crippen MR) is 75.7 cm³/mol. The Bertz CT molecular complexity index is 596. The van der Waals surface area contributed by atoms with Crippen LogP contribution in [-0.2, 0) is 0 Å². The van der Waals surface area contributed by atoms with E-state index in [2.05, 4.69) is 25.2 Å². The SMILES string of the molecule is O=C(Nc1cccnc1N1CCCC1)c1cnccn1. The first-order valence-corrected chi connectivity index (χ1v) is 6.62. The molecule has 1 saturated heterocycles. The number of amides is 1. The van der Waals surface area contributed by atoms with Gasteiger partial charge in [-0.25, -0.2) is 9.97 Å². The van der Waals surface area contributed by atoms with E-state index in [1.54, 1.807) is 6.20 Å². The number of aromatic nitrogens is 3. The first-order chi connectivity index (χ1) is 9.84. The van der Waals surface area contributed by atoms with Crippen molar-refractivity contribution >= 4 is 17.4 Å². The van der Waals surface area contributed by atoms with Crippen molar-refractivity contribution in [1.29, 1.82) is 0 Å². The lowest BCUT2D eigenvalue weighted by Crippen LogP contribution is -2.22. The van der Waals surface area contributed by atoms with E-state index in [4.69, 9.17) is 0 Å². The summed E-state index contributed by atoms with van der Waals surface area (Å²) in [6, 6.07) is 3.67. The van der Waals surface area contributed by atoms with E-state index in [1.807, 2.05) is 12.1 Å². The first kappa shape index (κ1) is 12.5. The van der Waals surface area contributed by atoms with Crippen LogP contribution in [0.5, 0.6) is 0 Å². The number of carbonyl (C=O) groups is 1. The van der Waals surface area contributed by atoms with Gasteiger partial charge in [0.05, 0.1) is 11.9 Å². The molecule has 2 aromatic rings. The molecule has 0 radical (unpaired) electrons. The van der Waals surface area contributed by atoms with Gasteiger partial charge in [-0.3, -0.25) is 9.78 Å². The van der Waals surface area contributed by atoms with Gasteiger partial charge < -0.3 is 10.2 Å². The molecule has 102 valence electrons. The Morgan fingerprint density at radius 3 is 2.75 bits per heavy atom. The third kappa shape index (κ3) is 2.59. The highest BCUT2D eigenvalue weighted by atomic mass is 16.1. The van der Waals surface area contributed by atoms with Crippen LogP contribution in [-0.4, -0.2) is 33.9 Å². The largest absolute Gasteiger partial charge is 0.355 e. The Kier molecular flexibility index (Phi) is 3.54. The quantitative estimate of drug-likeness (QED) is 0.918. The number of nitrogens with one attached hydrogen (secondary N) is 1. The fourth-order valence-corrected chi connectivity index (χ4v) is 2.28.